The van der Waals surface area contributed by atoms with Crippen LogP contribution in [0, 0.1) is 0 Å². The molecule has 0 aromatic heterocycles. The van der Waals surface area contributed by atoms with Gasteiger partial charge in [0.25, 0.3) is 0 Å². The summed E-state index contributed by atoms with van der Waals surface area (Å²) in [6.07, 6.45) is -33.3. The van der Waals surface area contributed by atoms with E-state index in [9.17, 15) is 66.1 Å². The standard InChI is InChI=1S/C22H36O20/c23-1-5-8(27)10(29)13(32)22(37-5)42-17-15(40-20-11(30)7(26)4(25)3-36-20)14(16(18(33)34)39-19(17)35)41-21-12(31)9(28)6(2-24)38-21/h4-17,19-32,35H,1-3H2,(H,33,34)/t4-,5+,6-,7-,8+,9-,10-,11+,12+,13+,14-,15-,16-,17+,19+,20-,21-,22-/m0/s1. The predicted octanol–water partition coefficient (Wildman–Crippen LogP) is -8.38. The highest BCUT2D eigenvalue weighted by molar-refractivity contribution is 5.73. The number of rotatable bonds is 9. The van der Waals surface area contributed by atoms with Crippen molar-refractivity contribution < 1.29 is 99.2 Å². The Balaban J connectivity index is 1.67. The Kier molecular flexibility index (Phi) is 11.1. The number of carboxylic acids is 1. The van der Waals surface area contributed by atoms with Gasteiger partial charge < -0.3 is 94.4 Å². The van der Waals surface area contributed by atoms with Crippen LogP contribution in [-0.2, 0) is 38.0 Å². The van der Waals surface area contributed by atoms with Gasteiger partial charge in [-0.05, 0) is 0 Å². The van der Waals surface area contributed by atoms with Crippen LogP contribution in [0.15, 0.2) is 0 Å². The molecular formula is C22H36O20. The van der Waals surface area contributed by atoms with Gasteiger partial charge in [0.05, 0.1) is 19.8 Å². The molecule has 0 aromatic rings. The molecule has 0 unspecified atom stereocenters. The number of aliphatic hydroxyl groups is 11. The van der Waals surface area contributed by atoms with Crippen molar-refractivity contribution in [3.63, 3.8) is 0 Å². The highest BCUT2D eigenvalue weighted by Gasteiger charge is 2.57. The van der Waals surface area contributed by atoms with Gasteiger partial charge in [-0.2, -0.15) is 0 Å². The van der Waals surface area contributed by atoms with Crippen molar-refractivity contribution in [3.8, 4) is 0 Å². The van der Waals surface area contributed by atoms with Crippen LogP contribution in [0.1, 0.15) is 0 Å². The quantitative estimate of drug-likeness (QED) is 0.114. The van der Waals surface area contributed by atoms with Gasteiger partial charge in [0, 0.05) is 0 Å². The molecule has 0 amide bonds. The molecule has 4 rings (SSSR count). The maximum Gasteiger partial charge on any atom is 0.335 e. The molecule has 4 aliphatic rings. The Morgan fingerprint density at radius 1 is 0.595 bits per heavy atom. The van der Waals surface area contributed by atoms with Gasteiger partial charge in [0.15, 0.2) is 31.3 Å². The first-order chi connectivity index (χ1) is 19.8. The third-order valence-electron chi connectivity index (χ3n) is 7.43. The van der Waals surface area contributed by atoms with Gasteiger partial charge in [0.2, 0.25) is 0 Å². The molecule has 244 valence electrons. The summed E-state index contributed by atoms with van der Waals surface area (Å²) in [4.78, 5) is 12.1. The Labute approximate surface area is 236 Å². The van der Waals surface area contributed by atoms with Crippen LogP contribution >= 0.6 is 0 Å². The van der Waals surface area contributed by atoms with Crippen LogP contribution in [0.3, 0.4) is 0 Å². The Morgan fingerprint density at radius 3 is 1.62 bits per heavy atom. The Bertz CT molecular complexity index is 894. The molecule has 4 heterocycles. The van der Waals surface area contributed by atoms with Crippen LogP contribution in [-0.4, -0.2) is 198 Å². The van der Waals surface area contributed by atoms with E-state index < -0.39 is 136 Å². The third-order valence-corrected chi connectivity index (χ3v) is 7.43. The van der Waals surface area contributed by atoms with Crippen LogP contribution < -0.4 is 0 Å². The molecule has 42 heavy (non-hydrogen) atoms. The monoisotopic (exact) mass is 620 g/mol. The first-order valence-electron chi connectivity index (χ1n) is 12.9. The van der Waals surface area contributed by atoms with Crippen LogP contribution in [0.25, 0.3) is 0 Å². The molecule has 0 aliphatic carbocycles. The SMILES string of the molecule is O=C(O)[C@H]1O[C@@H](O)[C@H](O[C@@H]2O[C@H](CO)[C@@H](O)[C@H](O)[C@H]2O)[C@@H](O[C@@H]2OC[C@H](O)[C@H](O)[C@H]2O)[C@@H]1O[C@@H]1O[C@@H](CO)[C@H](O)[C@H]1O. The normalized spacial score (nSPS) is 51.9. The largest absolute Gasteiger partial charge is 0.479 e. The first kappa shape index (κ1) is 33.6. The van der Waals surface area contributed by atoms with E-state index in [1.165, 1.54) is 0 Å². The number of carbonyl (C=O) groups is 1. The summed E-state index contributed by atoms with van der Waals surface area (Å²) in [6.45, 7) is -2.20. The van der Waals surface area contributed by atoms with E-state index in [2.05, 4.69) is 0 Å². The molecule has 4 aliphatic heterocycles. The fourth-order valence-electron chi connectivity index (χ4n) is 4.99. The second-order valence-electron chi connectivity index (χ2n) is 10.2. The lowest BCUT2D eigenvalue weighted by molar-refractivity contribution is -0.389. The molecule has 0 bridgehead atoms. The number of ether oxygens (including phenoxy) is 7. The minimum absolute atomic E-state index is 0.574. The van der Waals surface area contributed by atoms with E-state index in [1.54, 1.807) is 0 Å². The van der Waals surface area contributed by atoms with Gasteiger partial charge in [-0.3, -0.25) is 0 Å². The smallest absolute Gasteiger partial charge is 0.335 e. The average Bonchev–Trinajstić information content (AvgIpc) is 3.23. The van der Waals surface area contributed by atoms with Crippen molar-refractivity contribution in [2.45, 2.75) is 111 Å². The number of aliphatic carboxylic acids is 1. The molecule has 0 spiro atoms. The average molecular weight is 621 g/mol. The van der Waals surface area contributed by atoms with Crippen LogP contribution in [0.4, 0.5) is 0 Å². The van der Waals surface area contributed by atoms with Crippen molar-refractivity contribution in [2.24, 2.45) is 0 Å². The number of carboxylic acid groups (broad SMARTS) is 1. The molecule has 0 saturated carbocycles. The second kappa shape index (κ2) is 13.8. The maximum atomic E-state index is 12.1. The molecule has 4 saturated heterocycles. The van der Waals surface area contributed by atoms with Crippen molar-refractivity contribution in [1.29, 1.82) is 0 Å². The molecule has 0 aromatic carbocycles. The maximum absolute atomic E-state index is 12.1. The molecule has 0 radical (unpaired) electrons. The second-order valence-corrected chi connectivity index (χ2v) is 10.2. The zero-order chi connectivity index (χ0) is 31.0. The van der Waals surface area contributed by atoms with E-state index in [-0.39, 0.29) is 0 Å². The van der Waals surface area contributed by atoms with E-state index in [4.69, 9.17) is 33.2 Å². The molecular weight excluding hydrogens is 584 g/mol. The fourth-order valence-corrected chi connectivity index (χ4v) is 4.99. The number of aliphatic hydroxyl groups excluding tert-OH is 11. The number of hydrogen-bond acceptors (Lipinski definition) is 19. The fraction of sp³-hybridized carbons (Fsp3) is 0.955. The van der Waals surface area contributed by atoms with Crippen molar-refractivity contribution in [2.75, 3.05) is 19.8 Å². The molecule has 20 nitrogen and oxygen atoms in total. The van der Waals surface area contributed by atoms with Crippen LogP contribution in [0.5, 0.6) is 0 Å². The predicted molar refractivity (Wildman–Crippen MR) is 122 cm³/mol. The van der Waals surface area contributed by atoms with E-state index in [0.717, 1.165) is 0 Å². The van der Waals surface area contributed by atoms with Crippen molar-refractivity contribution in [1.82, 2.24) is 0 Å². The third kappa shape index (κ3) is 6.56. The van der Waals surface area contributed by atoms with Gasteiger partial charge >= 0.3 is 5.97 Å². The highest BCUT2D eigenvalue weighted by atomic mass is 16.8. The minimum Gasteiger partial charge on any atom is -0.479 e. The van der Waals surface area contributed by atoms with E-state index in [1.807, 2.05) is 0 Å². The first-order valence-corrected chi connectivity index (χ1v) is 12.9. The van der Waals surface area contributed by atoms with E-state index in [0.29, 0.717) is 0 Å². The van der Waals surface area contributed by atoms with Crippen LogP contribution in [0.2, 0.25) is 0 Å². The highest BCUT2D eigenvalue weighted by Crippen LogP contribution is 2.35. The summed E-state index contributed by atoms with van der Waals surface area (Å²) in [5.41, 5.74) is 0. The van der Waals surface area contributed by atoms with Gasteiger partial charge in [-0.15, -0.1) is 0 Å². The molecule has 4 fully saturated rings. The lowest BCUT2D eigenvalue weighted by Crippen LogP contribution is -2.67. The number of hydrogen-bond donors (Lipinski definition) is 12. The molecule has 12 N–H and O–H groups in total. The van der Waals surface area contributed by atoms with Gasteiger partial charge in [-0.1, -0.05) is 0 Å². The summed E-state index contributed by atoms with van der Waals surface area (Å²) < 4.78 is 37.8. The van der Waals surface area contributed by atoms with Crippen molar-refractivity contribution >= 4 is 5.97 Å². The zero-order valence-corrected chi connectivity index (χ0v) is 21.6. The summed E-state index contributed by atoms with van der Waals surface area (Å²) in [7, 11) is 0. The summed E-state index contributed by atoms with van der Waals surface area (Å²) in [5.74, 6) is -1.76. The minimum atomic E-state index is -2.25. The molecule has 20 heteroatoms. The summed E-state index contributed by atoms with van der Waals surface area (Å²) >= 11 is 0. The Morgan fingerprint density at radius 2 is 1.07 bits per heavy atom. The summed E-state index contributed by atoms with van der Waals surface area (Å²) in [6, 6.07) is 0. The molecule has 18 atom stereocenters. The zero-order valence-electron chi connectivity index (χ0n) is 21.6. The van der Waals surface area contributed by atoms with Crippen molar-refractivity contribution in [3.05, 3.63) is 0 Å². The lowest BCUT2D eigenvalue weighted by atomic mass is 9.96. The lowest BCUT2D eigenvalue weighted by Gasteiger charge is -2.48. The van der Waals surface area contributed by atoms with Gasteiger partial charge in [-0.25, -0.2) is 4.79 Å². The van der Waals surface area contributed by atoms with Gasteiger partial charge in [0.1, 0.15) is 79.4 Å². The topological polar surface area (TPSA) is 324 Å². The summed E-state index contributed by atoms with van der Waals surface area (Å²) in [5, 5.41) is 121. The Hall–Kier alpha value is -1.25. The van der Waals surface area contributed by atoms with E-state index >= 15 is 0 Å².